The Morgan fingerprint density at radius 3 is 2.78 bits per heavy atom. The van der Waals surface area contributed by atoms with Crippen LogP contribution in [0.5, 0.6) is 5.75 Å². The normalized spacial score (nSPS) is 16.8. The lowest BCUT2D eigenvalue weighted by molar-refractivity contribution is -0.0391. The van der Waals surface area contributed by atoms with E-state index in [9.17, 15) is 0 Å². The molecule has 4 nitrogen and oxygen atoms in total. The molecule has 2 rings (SSSR count). The molecule has 0 amide bonds. The molecule has 100 valence electrons. The molecule has 4 heteroatoms. The topological polar surface area (TPSA) is 53.7 Å². The second-order valence-electron chi connectivity index (χ2n) is 4.47. The third-order valence-corrected chi connectivity index (χ3v) is 3.23. The molecule has 1 aliphatic rings. The molecule has 18 heavy (non-hydrogen) atoms. The van der Waals surface area contributed by atoms with Crippen molar-refractivity contribution in [1.29, 1.82) is 0 Å². The van der Waals surface area contributed by atoms with E-state index in [-0.39, 0.29) is 0 Å². The van der Waals surface area contributed by atoms with Crippen LogP contribution in [0.4, 0.5) is 0 Å². The second-order valence-corrected chi connectivity index (χ2v) is 4.47. The monoisotopic (exact) mass is 251 g/mol. The molecule has 0 radical (unpaired) electrons. The van der Waals surface area contributed by atoms with E-state index in [0.717, 1.165) is 42.9 Å². The molecule has 1 aromatic rings. The zero-order chi connectivity index (χ0) is 12.8. The van der Waals surface area contributed by atoms with Crippen LogP contribution < -0.4 is 10.5 Å². The zero-order valence-electron chi connectivity index (χ0n) is 10.9. The highest BCUT2D eigenvalue weighted by Gasteiger charge is 2.14. The highest BCUT2D eigenvalue weighted by Crippen LogP contribution is 2.21. The molecule has 1 aromatic carbocycles. The van der Waals surface area contributed by atoms with Gasteiger partial charge in [-0.3, -0.25) is 0 Å². The lowest BCUT2D eigenvalue weighted by Gasteiger charge is -2.22. The summed E-state index contributed by atoms with van der Waals surface area (Å²) >= 11 is 0. The first kappa shape index (κ1) is 13.3. The molecular weight excluding hydrogens is 230 g/mol. The summed E-state index contributed by atoms with van der Waals surface area (Å²) in [7, 11) is 1.66. The van der Waals surface area contributed by atoms with E-state index in [2.05, 4.69) is 0 Å². The molecule has 0 aromatic heterocycles. The van der Waals surface area contributed by atoms with E-state index in [1.165, 1.54) is 0 Å². The van der Waals surface area contributed by atoms with Crippen LogP contribution in [0.2, 0.25) is 0 Å². The first-order valence-corrected chi connectivity index (χ1v) is 6.38. The summed E-state index contributed by atoms with van der Waals surface area (Å²) in [5, 5.41) is 0. The summed E-state index contributed by atoms with van der Waals surface area (Å²) in [6, 6.07) is 6.05. The summed E-state index contributed by atoms with van der Waals surface area (Å²) in [6.45, 7) is 2.72. The van der Waals surface area contributed by atoms with Gasteiger partial charge in [-0.25, -0.2) is 0 Å². The van der Waals surface area contributed by atoms with Gasteiger partial charge in [-0.2, -0.15) is 0 Å². The van der Waals surface area contributed by atoms with Crippen LogP contribution in [0.25, 0.3) is 0 Å². The Kier molecular flexibility index (Phi) is 4.99. The molecule has 2 N–H and O–H groups in total. The van der Waals surface area contributed by atoms with Crippen molar-refractivity contribution >= 4 is 0 Å². The van der Waals surface area contributed by atoms with Crippen molar-refractivity contribution in [1.82, 2.24) is 0 Å². The van der Waals surface area contributed by atoms with Crippen molar-refractivity contribution in [2.45, 2.75) is 32.1 Å². The summed E-state index contributed by atoms with van der Waals surface area (Å²) < 4.78 is 16.5. The lowest BCUT2D eigenvalue weighted by Crippen LogP contribution is -2.23. The van der Waals surface area contributed by atoms with Crippen LogP contribution >= 0.6 is 0 Å². The van der Waals surface area contributed by atoms with Gasteiger partial charge in [0.1, 0.15) is 5.75 Å². The van der Waals surface area contributed by atoms with Gasteiger partial charge in [0.2, 0.25) is 0 Å². The number of rotatable bonds is 5. The average molecular weight is 251 g/mol. The molecule has 1 aliphatic heterocycles. The van der Waals surface area contributed by atoms with Crippen molar-refractivity contribution in [3.05, 3.63) is 29.3 Å². The van der Waals surface area contributed by atoms with Crippen molar-refractivity contribution in [2.24, 2.45) is 5.73 Å². The fourth-order valence-corrected chi connectivity index (χ4v) is 2.10. The number of hydrogen-bond donors (Lipinski definition) is 1. The molecular formula is C14H21NO3. The molecule has 0 spiro atoms. The van der Waals surface area contributed by atoms with E-state index >= 15 is 0 Å². The Labute approximate surface area is 108 Å². The van der Waals surface area contributed by atoms with Gasteiger partial charge in [0, 0.05) is 25.3 Å². The number of ether oxygens (including phenoxy) is 3. The quantitative estimate of drug-likeness (QED) is 0.867. The van der Waals surface area contributed by atoms with Crippen molar-refractivity contribution in [2.75, 3.05) is 20.3 Å². The summed E-state index contributed by atoms with van der Waals surface area (Å²) in [5.41, 5.74) is 7.78. The fraction of sp³-hybridized carbons (Fsp3) is 0.571. The Morgan fingerprint density at radius 1 is 1.33 bits per heavy atom. The fourth-order valence-electron chi connectivity index (χ4n) is 2.10. The minimum absolute atomic E-state index is 0.318. The second kappa shape index (κ2) is 6.73. The Balaban J connectivity index is 1.92. The lowest BCUT2D eigenvalue weighted by atomic mass is 10.1. The van der Waals surface area contributed by atoms with Gasteiger partial charge >= 0.3 is 0 Å². The van der Waals surface area contributed by atoms with E-state index in [1.807, 2.05) is 18.2 Å². The van der Waals surface area contributed by atoms with E-state index in [4.69, 9.17) is 19.9 Å². The van der Waals surface area contributed by atoms with E-state index < -0.39 is 0 Å². The van der Waals surface area contributed by atoms with Gasteiger partial charge in [0.15, 0.2) is 0 Å². The summed E-state index contributed by atoms with van der Waals surface area (Å²) in [6.07, 6.45) is 2.29. The predicted octanol–water partition coefficient (Wildman–Crippen LogP) is 1.85. The SMILES string of the molecule is COc1cc(COC2CCOCC2)ccc1CN. The van der Waals surface area contributed by atoms with Crippen molar-refractivity contribution < 1.29 is 14.2 Å². The number of hydrogen-bond acceptors (Lipinski definition) is 4. The smallest absolute Gasteiger partial charge is 0.123 e. The molecule has 0 atom stereocenters. The van der Waals surface area contributed by atoms with Gasteiger partial charge in [-0.1, -0.05) is 12.1 Å². The maximum Gasteiger partial charge on any atom is 0.123 e. The third kappa shape index (κ3) is 3.45. The van der Waals surface area contributed by atoms with Crippen LogP contribution in [0.3, 0.4) is 0 Å². The number of benzene rings is 1. The van der Waals surface area contributed by atoms with Gasteiger partial charge in [0.25, 0.3) is 0 Å². The Hall–Kier alpha value is -1.10. The van der Waals surface area contributed by atoms with Gasteiger partial charge in [-0.15, -0.1) is 0 Å². The molecule has 0 bridgehead atoms. The minimum Gasteiger partial charge on any atom is -0.496 e. The molecule has 0 saturated carbocycles. The predicted molar refractivity (Wildman–Crippen MR) is 69.5 cm³/mol. The van der Waals surface area contributed by atoms with E-state index in [0.29, 0.717) is 19.3 Å². The first-order chi connectivity index (χ1) is 8.83. The highest BCUT2D eigenvalue weighted by atomic mass is 16.5. The minimum atomic E-state index is 0.318. The molecule has 0 aliphatic carbocycles. The van der Waals surface area contributed by atoms with Crippen LogP contribution in [0.1, 0.15) is 24.0 Å². The van der Waals surface area contributed by atoms with Gasteiger partial charge < -0.3 is 19.9 Å². The van der Waals surface area contributed by atoms with Gasteiger partial charge in [-0.05, 0) is 24.5 Å². The largest absolute Gasteiger partial charge is 0.496 e. The van der Waals surface area contributed by atoms with E-state index in [1.54, 1.807) is 7.11 Å². The van der Waals surface area contributed by atoms with Crippen molar-refractivity contribution in [3.8, 4) is 5.75 Å². The highest BCUT2D eigenvalue weighted by molar-refractivity contribution is 5.37. The maximum atomic E-state index is 5.88. The number of methoxy groups -OCH3 is 1. The van der Waals surface area contributed by atoms with Crippen LogP contribution in [0, 0.1) is 0 Å². The third-order valence-electron chi connectivity index (χ3n) is 3.23. The van der Waals surface area contributed by atoms with Crippen LogP contribution in [-0.2, 0) is 22.6 Å². The van der Waals surface area contributed by atoms with Gasteiger partial charge in [0.05, 0.1) is 19.8 Å². The Bertz CT molecular complexity index is 375. The maximum absolute atomic E-state index is 5.88. The van der Waals surface area contributed by atoms with Crippen LogP contribution in [-0.4, -0.2) is 26.4 Å². The standard InChI is InChI=1S/C14H21NO3/c1-16-14-8-11(2-3-12(14)9-15)10-18-13-4-6-17-7-5-13/h2-3,8,13H,4-7,9-10,15H2,1H3. The average Bonchev–Trinajstić information content (AvgIpc) is 2.45. The van der Waals surface area contributed by atoms with Crippen LogP contribution in [0.15, 0.2) is 18.2 Å². The summed E-state index contributed by atoms with van der Waals surface area (Å²) in [5.74, 6) is 0.838. The molecule has 1 fully saturated rings. The zero-order valence-corrected chi connectivity index (χ0v) is 10.9. The molecule has 1 heterocycles. The number of nitrogens with two attached hydrogens (primary N) is 1. The Morgan fingerprint density at radius 2 is 2.11 bits per heavy atom. The summed E-state index contributed by atoms with van der Waals surface area (Å²) in [4.78, 5) is 0. The van der Waals surface area contributed by atoms with Crippen molar-refractivity contribution in [3.63, 3.8) is 0 Å². The molecule has 1 saturated heterocycles. The first-order valence-electron chi connectivity index (χ1n) is 6.38. The molecule has 0 unspecified atom stereocenters.